The SMILES string of the molecule is CCOCC1C2CN(C)CC12c1ccc(Cl)c(Cl)c1. The van der Waals surface area contributed by atoms with Crippen LogP contribution >= 0.6 is 23.2 Å². The summed E-state index contributed by atoms with van der Waals surface area (Å²) in [6.45, 7) is 5.94. The molecule has 0 bridgehead atoms. The van der Waals surface area contributed by atoms with Crippen molar-refractivity contribution in [3.8, 4) is 0 Å². The van der Waals surface area contributed by atoms with Gasteiger partial charge in [0.2, 0.25) is 0 Å². The number of halogens is 2. The van der Waals surface area contributed by atoms with Crippen molar-refractivity contribution < 1.29 is 4.74 Å². The molecule has 1 heterocycles. The van der Waals surface area contributed by atoms with Gasteiger partial charge in [0.15, 0.2) is 0 Å². The van der Waals surface area contributed by atoms with Gasteiger partial charge in [-0.1, -0.05) is 29.3 Å². The van der Waals surface area contributed by atoms with Crippen molar-refractivity contribution in [2.75, 3.05) is 33.4 Å². The lowest BCUT2D eigenvalue weighted by atomic mass is 9.93. The fraction of sp³-hybridized carbons (Fsp3) is 0.600. The van der Waals surface area contributed by atoms with Gasteiger partial charge < -0.3 is 9.64 Å². The predicted octanol–water partition coefficient (Wildman–Crippen LogP) is 3.46. The first kappa shape index (κ1) is 13.7. The largest absolute Gasteiger partial charge is 0.381 e. The highest BCUT2D eigenvalue weighted by Crippen LogP contribution is 2.64. The summed E-state index contributed by atoms with van der Waals surface area (Å²) in [7, 11) is 2.18. The van der Waals surface area contributed by atoms with E-state index in [9.17, 15) is 0 Å². The predicted molar refractivity (Wildman–Crippen MR) is 79.1 cm³/mol. The Balaban J connectivity index is 1.89. The quantitative estimate of drug-likeness (QED) is 0.844. The Labute approximate surface area is 124 Å². The van der Waals surface area contributed by atoms with Crippen molar-refractivity contribution in [3.05, 3.63) is 33.8 Å². The summed E-state index contributed by atoms with van der Waals surface area (Å²) in [4.78, 5) is 2.40. The highest BCUT2D eigenvalue weighted by molar-refractivity contribution is 6.42. The molecule has 104 valence electrons. The van der Waals surface area contributed by atoms with E-state index in [1.165, 1.54) is 5.56 Å². The molecule has 0 amide bonds. The summed E-state index contributed by atoms with van der Waals surface area (Å²) >= 11 is 12.2. The summed E-state index contributed by atoms with van der Waals surface area (Å²) in [5.41, 5.74) is 1.55. The molecule has 4 heteroatoms. The van der Waals surface area contributed by atoms with Crippen LogP contribution in [0.15, 0.2) is 18.2 Å². The number of hydrogen-bond acceptors (Lipinski definition) is 2. The highest BCUT2D eigenvalue weighted by atomic mass is 35.5. The lowest BCUT2D eigenvalue weighted by molar-refractivity contribution is 0.120. The van der Waals surface area contributed by atoms with Gasteiger partial charge in [-0.3, -0.25) is 0 Å². The fourth-order valence-corrected chi connectivity index (χ4v) is 4.09. The molecule has 0 N–H and O–H groups in total. The smallest absolute Gasteiger partial charge is 0.0595 e. The van der Waals surface area contributed by atoms with Crippen LogP contribution in [-0.2, 0) is 10.2 Å². The van der Waals surface area contributed by atoms with Gasteiger partial charge >= 0.3 is 0 Å². The van der Waals surface area contributed by atoms with E-state index < -0.39 is 0 Å². The maximum atomic E-state index is 6.18. The highest BCUT2D eigenvalue weighted by Gasteiger charge is 2.68. The van der Waals surface area contributed by atoms with Gasteiger partial charge in [-0.15, -0.1) is 0 Å². The minimum absolute atomic E-state index is 0.234. The molecule has 0 spiro atoms. The number of ether oxygens (including phenoxy) is 1. The molecule has 3 rings (SSSR count). The van der Waals surface area contributed by atoms with Crippen molar-refractivity contribution in [3.63, 3.8) is 0 Å². The first-order chi connectivity index (χ1) is 9.09. The standard InChI is InChI=1S/C15H19Cl2NO/c1-3-19-8-12-11-7-18(2)9-15(11,12)10-4-5-13(16)14(17)6-10/h4-6,11-12H,3,7-9H2,1-2H3. The number of benzene rings is 1. The van der Waals surface area contributed by atoms with Crippen LogP contribution in [0.3, 0.4) is 0 Å². The summed E-state index contributed by atoms with van der Waals surface area (Å²) in [6, 6.07) is 6.09. The van der Waals surface area contributed by atoms with Crippen molar-refractivity contribution in [2.45, 2.75) is 12.3 Å². The van der Waals surface area contributed by atoms with Crippen LogP contribution in [0.5, 0.6) is 0 Å². The van der Waals surface area contributed by atoms with Crippen molar-refractivity contribution in [1.29, 1.82) is 0 Å². The van der Waals surface area contributed by atoms with Crippen LogP contribution in [0.1, 0.15) is 12.5 Å². The van der Waals surface area contributed by atoms with E-state index in [2.05, 4.69) is 24.9 Å². The van der Waals surface area contributed by atoms with E-state index in [1.54, 1.807) is 0 Å². The number of rotatable bonds is 4. The summed E-state index contributed by atoms with van der Waals surface area (Å²) in [6.07, 6.45) is 0. The second kappa shape index (κ2) is 4.92. The molecule has 19 heavy (non-hydrogen) atoms. The molecule has 2 nitrogen and oxygen atoms in total. The second-order valence-corrected chi connectivity index (χ2v) is 6.55. The number of hydrogen-bond donors (Lipinski definition) is 0. The van der Waals surface area contributed by atoms with Crippen molar-refractivity contribution in [2.24, 2.45) is 11.8 Å². The first-order valence-corrected chi connectivity index (χ1v) is 7.57. The topological polar surface area (TPSA) is 12.5 Å². The average Bonchev–Trinajstić information content (AvgIpc) is 2.80. The Morgan fingerprint density at radius 2 is 2.16 bits per heavy atom. The van der Waals surface area contributed by atoms with Crippen molar-refractivity contribution in [1.82, 2.24) is 4.90 Å². The number of piperidine rings is 1. The number of nitrogens with zero attached hydrogens (tertiary/aromatic N) is 1. The summed E-state index contributed by atoms with van der Waals surface area (Å²) < 4.78 is 5.65. The van der Waals surface area contributed by atoms with Crippen LogP contribution in [0.2, 0.25) is 10.0 Å². The monoisotopic (exact) mass is 299 g/mol. The maximum absolute atomic E-state index is 6.18. The summed E-state index contributed by atoms with van der Waals surface area (Å²) in [5.74, 6) is 1.32. The molecule has 1 saturated heterocycles. The zero-order valence-corrected chi connectivity index (χ0v) is 12.8. The van der Waals surface area contributed by atoms with Crippen LogP contribution < -0.4 is 0 Å². The van der Waals surface area contributed by atoms with Gasteiger partial charge in [0, 0.05) is 25.1 Å². The van der Waals surface area contributed by atoms with E-state index in [0.717, 1.165) is 26.3 Å². The van der Waals surface area contributed by atoms with Gasteiger partial charge in [0.05, 0.1) is 16.7 Å². The van der Waals surface area contributed by atoms with Gasteiger partial charge in [-0.2, -0.15) is 0 Å². The third-order valence-electron chi connectivity index (χ3n) is 4.70. The molecule has 1 aliphatic heterocycles. The van der Waals surface area contributed by atoms with Gasteiger partial charge in [-0.05, 0) is 43.5 Å². The molecular weight excluding hydrogens is 281 g/mol. The van der Waals surface area contributed by atoms with Crippen LogP contribution in [0.25, 0.3) is 0 Å². The lowest BCUT2D eigenvalue weighted by Crippen LogP contribution is -2.27. The van der Waals surface area contributed by atoms with Gasteiger partial charge in [0.25, 0.3) is 0 Å². The molecule has 1 saturated carbocycles. The zero-order valence-electron chi connectivity index (χ0n) is 11.3. The average molecular weight is 300 g/mol. The first-order valence-electron chi connectivity index (χ1n) is 6.81. The Bertz CT molecular complexity index is 493. The van der Waals surface area contributed by atoms with Gasteiger partial charge in [0.1, 0.15) is 0 Å². The molecule has 1 aromatic carbocycles. The Morgan fingerprint density at radius 3 is 2.84 bits per heavy atom. The van der Waals surface area contributed by atoms with Crippen molar-refractivity contribution >= 4 is 23.2 Å². The van der Waals surface area contributed by atoms with E-state index in [1.807, 2.05) is 12.1 Å². The fourth-order valence-electron chi connectivity index (χ4n) is 3.79. The lowest BCUT2D eigenvalue weighted by Gasteiger charge is -2.21. The molecule has 0 radical (unpaired) electrons. The second-order valence-electron chi connectivity index (χ2n) is 5.74. The Hall–Kier alpha value is -0.280. The van der Waals surface area contributed by atoms with E-state index in [-0.39, 0.29) is 5.41 Å². The van der Waals surface area contributed by atoms with Gasteiger partial charge in [-0.25, -0.2) is 0 Å². The molecule has 3 atom stereocenters. The van der Waals surface area contributed by atoms with E-state index >= 15 is 0 Å². The Kier molecular flexibility index (Phi) is 3.55. The molecule has 1 aromatic rings. The molecule has 1 aliphatic carbocycles. The van der Waals surface area contributed by atoms with Crippen LogP contribution in [-0.4, -0.2) is 38.3 Å². The molecule has 2 aliphatic rings. The molecular formula is C15H19Cl2NO. The Morgan fingerprint density at radius 1 is 1.37 bits per heavy atom. The van der Waals surface area contributed by atoms with Crippen LogP contribution in [0, 0.1) is 11.8 Å². The minimum atomic E-state index is 0.234. The third-order valence-corrected chi connectivity index (χ3v) is 5.44. The van der Waals surface area contributed by atoms with Crippen LogP contribution in [0.4, 0.5) is 0 Å². The maximum Gasteiger partial charge on any atom is 0.0595 e. The molecule has 2 fully saturated rings. The van der Waals surface area contributed by atoms with E-state index in [4.69, 9.17) is 27.9 Å². The normalized spacial score (nSPS) is 33.5. The zero-order chi connectivity index (χ0) is 13.6. The molecule has 3 unspecified atom stereocenters. The van der Waals surface area contributed by atoms with E-state index in [0.29, 0.717) is 21.9 Å². The number of fused-ring (bicyclic) bond motifs is 1. The minimum Gasteiger partial charge on any atom is -0.381 e. The summed E-state index contributed by atoms with van der Waals surface area (Å²) in [5, 5.41) is 1.29. The third kappa shape index (κ3) is 2.09. The molecule has 0 aromatic heterocycles. The number of likely N-dealkylation sites (N-methyl/N-ethyl adjacent to an activating group) is 1. The number of likely N-dealkylation sites (tertiary alicyclic amines) is 1.